The highest BCUT2D eigenvalue weighted by molar-refractivity contribution is 6.33. The number of aromatic nitrogens is 1. The second-order valence-electron chi connectivity index (χ2n) is 3.26. The highest BCUT2D eigenvalue weighted by atomic mass is 35.5. The summed E-state index contributed by atoms with van der Waals surface area (Å²) in [5.74, 6) is 0.763. The molecule has 1 heterocycles. The summed E-state index contributed by atoms with van der Waals surface area (Å²) < 4.78 is 5.46. The Bertz CT molecular complexity index is 575. The fourth-order valence-electron chi connectivity index (χ4n) is 1.23. The molecular formula is C12H8ClN3O. The van der Waals surface area contributed by atoms with Crippen molar-refractivity contribution in [2.24, 2.45) is 0 Å². The maximum absolute atomic E-state index is 8.81. The summed E-state index contributed by atoms with van der Waals surface area (Å²) in [6.45, 7) is 0. The van der Waals surface area contributed by atoms with Crippen LogP contribution in [0.25, 0.3) is 0 Å². The Morgan fingerprint density at radius 2 is 1.94 bits per heavy atom. The fourth-order valence-corrected chi connectivity index (χ4v) is 1.42. The predicted octanol–water partition coefficient (Wildman–Crippen LogP) is 2.98. The normalized spacial score (nSPS) is 9.65. The van der Waals surface area contributed by atoms with Crippen LogP contribution in [0.5, 0.6) is 11.6 Å². The lowest BCUT2D eigenvalue weighted by Gasteiger charge is -2.06. The molecule has 1 aromatic heterocycles. The predicted molar refractivity (Wildman–Crippen MR) is 64.9 cm³/mol. The molecule has 0 radical (unpaired) electrons. The molecule has 84 valence electrons. The first kappa shape index (κ1) is 11.2. The lowest BCUT2D eigenvalue weighted by molar-refractivity contribution is 0.463. The van der Waals surface area contributed by atoms with Crippen LogP contribution in [0.4, 0.5) is 5.69 Å². The van der Waals surface area contributed by atoms with Gasteiger partial charge in [-0.1, -0.05) is 11.6 Å². The molecule has 1 aromatic carbocycles. The second-order valence-corrected chi connectivity index (χ2v) is 3.64. The molecule has 0 atom stereocenters. The Labute approximate surface area is 103 Å². The zero-order valence-electron chi connectivity index (χ0n) is 8.72. The molecule has 4 nitrogen and oxygen atoms in total. The zero-order chi connectivity index (χ0) is 12.3. The van der Waals surface area contributed by atoms with Crippen LogP contribution in [0.2, 0.25) is 5.02 Å². The zero-order valence-corrected chi connectivity index (χ0v) is 9.48. The first-order valence-corrected chi connectivity index (χ1v) is 5.16. The smallest absolute Gasteiger partial charge is 0.239 e. The summed E-state index contributed by atoms with van der Waals surface area (Å²) in [5, 5.41) is 9.01. The minimum atomic E-state index is 0.201. The Morgan fingerprint density at radius 1 is 1.24 bits per heavy atom. The molecular weight excluding hydrogens is 238 g/mol. The number of nitrogens with zero attached hydrogens (tertiary/aromatic N) is 2. The summed E-state index contributed by atoms with van der Waals surface area (Å²) in [6, 6.07) is 10.3. The van der Waals surface area contributed by atoms with Gasteiger partial charge < -0.3 is 10.5 Å². The van der Waals surface area contributed by atoms with E-state index >= 15 is 0 Å². The summed E-state index contributed by atoms with van der Waals surface area (Å²) in [7, 11) is 0. The Hall–Kier alpha value is -2.25. The summed E-state index contributed by atoms with van der Waals surface area (Å²) in [5.41, 5.74) is 6.52. The van der Waals surface area contributed by atoms with E-state index in [4.69, 9.17) is 27.3 Å². The molecule has 0 spiro atoms. The van der Waals surface area contributed by atoms with Crippen LogP contribution in [-0.2, 0) is 0 Å². The van der Waals surface area contributed by atoms with Gasteiger partial charge in [0.05, 0.1) is 5.56 Å². The van der Waals surface area contributed by atoms with Crippen LogP contribution in [0, 0.1) is 11.3 Å². The second kappa shape index (κ2) is 4.73. The van der Waals surface area contributed by atoms with Crippen LogP contribution in [-0.4, -0.2) is 4.98 Å². The van der Waals surface area contributed by atoms with Crippen molar-refractivity contribution in [2.75, 3.05) is 5.73 Å². The van der Waals surface area contributed by atoms with E-state index in [-0.39, 0.29) is 10.9 Å². The van der Waals surface area contributed by atoms with Crippen LogP contribution < -0.4 is 10.5 Å². The average Bonchev–Trinajstić information content (AvgIpc) is 2.35. The van der Waals surface area contributed by atoms with E-state index in [2.05, 4.69) is 4.98 Å². The van der Waals surface area contributed by atoms with E-state index in [0.717, 1.165) is 0 Å². The van der Waals surface area contributed by atoms with E-state index in [0.29, 0.717) is 17.0 Å². The van der Waals surface area contributed by atoms with E-state index in [1.807, 2.05) is 6.07 Å². The molecule has 0 fully saturated rings. The number of nitriles is 1. The third-order valence-corrected chi connectivity index (χ3v) is 2.44. The lowest BCUT2D eigenvalue weighted by atomic mass is 10.3. The fraction of sp³-hybridized carbons (Fsp3) is 0. The Balaban J connectivity index is 2.31. The average molecular weight is 246 g/mol. The number of halogens is 1. The lowest BCUT2D eigenvalue weighted by Crippen LogP contribution is -1.91. The monoisotopic (exact) mass is 245 g/mol. The highest BCUT2D eigenvalue weighted by Crippen LogP contribution is 2.29. The maximum atomic E-state index is 8.81. The van der Waals surface area contributed by atoms with Gasteiger partial charge in [-0.05, 0) is 30.3 Å². The van der Waals surface area contributed by atoms with Crippen molar-refractivity contribution in [1.29, 1.82) is 5.26 Å². The number of hydrogen-bond acceptors (Lipinski definition) is 4. The molecule has 2 N–H and O–H groups in total. The third kappa shape index (κ3) is 2.47. The third-order valence-electron chi connectivity index (χ3n) is 2.07. The van der Waals surface area contributed by atoms with Crippen LogP contribution in [0.15, 0.2) is 36.5 Å². The summed E-state index contributed by atoms with van der Waals surface area (Å²) in [4.78, 5) is 3.97. The van der Waals surface area contributed by atoms with Crippen molar-refractivity contribution in [3.05, 3.63) is 47.1 Å². The molecule has 0 amide bonds. The molecule has 17 heavy (non-hydrogen) atoms. The number of benzene rings is 1. The topological polar surface area (TPSA) is 71.9 Å². The number of anilines is 1. The number of nitrogen functional groups attached to an aromatic ring is 1. The van der Waals surface area contributed by atoms with Gasteiger partial charge in [-0.3, -0.25) is 0 Å². The Morgan fingerprint density at radius 3 is 2.59 bits per heavy atom. The number of pyridine rings is 1. The first-order chi connectivity index (χ1) is 8.20. The van der Waals surface area contributed by atoms with Crippen LogP contribution in [0.3, 0.4) is 0 Å². The van der Waals surface area contributed by atoms with Gasteiger partial charge in [0.25, 0.3) is 0 Å². The van der Waals surface area contributed by atoms with Crippen molar-refractivity contribution >= 4 is 17.3 Å². The molecule has 0 saturated heterocycles. The van der Waals surface area contributed by atoms with E-state index in [1.165, 1.54) is 12.3 Å². The van der Waals surface area contributed by atoms with Crippen molar-refractivity contribution in [2.45, 2.75) is 0 Å². The van der Waals surface area contributed by atoms with Crippen molar-refractivity contribution < 1.29 is 4.74 Å². The molecule has 2 rings (SSSR count). The van der Waals surface area contributed by atoms with Crippen molar-refractivity contribution in [1.82, 2.24) is 4.98 Å². The maximum Gasteiger partial charge on any atom is 0.239 e. The number of ether oxygens (including phenoxy) is 1. The van der Waals surface area contributed by atoms with Gasteiger partial charge in [-0.15, -0.1) is 0 Å². The van der Waals surface area contributed by atoms with Crippen LogP contribution in [0.1, 0.15) is 5.56 Å². The van der Waals surface area contributed by atoms with Gasteiger partial charge in [0, 0.05) is 11.9 Å². The van der Waals surface area contributed by atoms with E-state index in [9.17, 15) is 0 Å². The number of nitrogens with two attached hydrogens (primary N) is 1. The van der Waals surface area contributed by atoms with E-state index in [1.54, 1.807) is 24.3 Å². The van der Waals surface area contributed by atoms with Crippen LogP contribution >= 0.6 is 11.6 Å². The quantitative estimate of drug-likeness (QED) is 0.826. The standard InChI is InChI=1S/C12H8ClN3O/c13-11-8(7-14)5-6-16-12(11)17-10-3-1-9(15)2-4-10/h1-6H,15H2. The van der Waals surface area contributed by atoms with Gasteiger partial charge in [0.1, 0.15) is 16.8 Å². The Kier molecular flexibility index (Phi) is 3.12. The van der Waals surface area contributed by atoms with Gasteiger partial charge in [0.2, 0.25) is 5.88 Å². The highest BCUT2D eigenvalue weighted by Gasteiger charge is 2.09. The molecule has 0 aliphatic heterocycles. The minimum absolute atomic E-state index is 0.201. The molecule has 0 aliphatic rings. The number of hydrogen-bond donors (Lipinski definition) is 1. The largest absolute Gasteiger partial charge is 0.437 e. The molecule has 0 bridgehead atoms. The summed E-state index contributed by atoms with van der Waals surface area (Å²) >= 11 is 5.96. The molecule has 0 aliphatic carbocycles. The SMILES string of the molecule is N#Cc1ccnc(Oc2ccc(N)cc2)c1Cl. The van der Waals surface area contributed by atoms with Gasteiger partial charge in [-0.25, -0.2) is 4.98 Å². The van der Waals surface area contributed by atoms with Gasteiger partial charge >= 0.3 is 0 Å². The van der Waals surface area contributed by atoms with E-state index < -0.39 is 0 Å². The molecule has 5 heteroatoms. The first-order valence-electron chi connectivity index (χ1n) is 4.78. The van der Waals surface area contributed by atoms with Crippen molar-refractivity contribution in [3.8, 4) is 17.7 Å². The van der Waals surface area contributed by atoms with Gasteiger partial charge in [0.15, 0.2) is 0 Å². The molecule has 0 saturated carbocycles. The summed E-state index contributed by atoms with van der Waals surface area (Å²) in [6.07, 6.45) is 1.47. The van der Waals surface area contributed by atoms with Gasteiger partial charge in [-0.2, -0.15) is 5.26 Å². The number of rotatable bonds is 2. The minimum Gasteiger partial charge on any atom is -0.437 e. The molecule has 2 aromatic rings. The van der Waals surface area contributed by atoms with Crippen molar-refractivity contribution in [3.63, 3.8) is 0 Å². The molecule has 0 unspecified atom stereocenters.